The van der Waals surface area contributed by atoms with Crippen LogP contribution in [0.2, 0.25) is 5.02 Å². The maximum absolute atomic E-state index is 5.97. The molecule has 1 aromatic heterocycles. The van der Waals surface area contributed by atoms with Crippen LogP contribution in [0.1, 0.15) is 16.8 Å². The SMILES string of the molecule is COc1ccc(OC)c(CN2CCc3nc(-c4ccc(Cl)cc4)ncc3C2)c1. The second-order valence-electron chi connectivity index (χ2n) is 6.81. The van der Waals surface area contributed by atoms with Crippen LogP contribution >= 0.6 is 11.6 Å². The number of ether oxygens (including phenoxy) is 2. The maximum Gasteiger partial charge on any atom is 0.159 e. The van der Waals surface area contributed by atoms with Gasteiger partial charge in [-0.1, -0.05) is 11.6 Å². The standard InChI is InChI=1S/C22H22ClN3O2/c1-27-19-7-8-21(28-2)16(11-19)13-26-10-9-20-17(14-26)12-24-22(25-20)15-3-5-18(23)6-4-15/h3-8,11-12H,9-10,13-14H2,1-2H3. The number of benzene rings is 2. The average Bonchev–Trinajstić information content (AvgIpc) is 2.74. The molecular formula is C22H22ClN3O2. The van der Waals surface area contributed by atoms with Crippen LogP contribution < -0.4 is 9.47 Å². The van der Waals surface area contributed by atoms with Crippen molar-refractivity contribution in [1.29, 1.82) is 0 Å². The highest BCUT2D eigenvalue weighted by Crippen LogP contribution is 2.28. The molecule has 2 aromatic carbocycles. The van der Waals surface area contributed by atoms with Crippen LogP contribution in [0.3, 0.4) is 0 Å². The highest BCUT2D eigenvalue weighted by molar-refractivity contribution is 6.30. The number of fused-ring (bicyclic) bond motifs is 1. The normalized spacial score (nSPS) is 13.8. The summed E-state index contributed by atoms with van der Waals surface area (Å²) in [6.45, 7) is 2.54. The van der Waals surface area contributed by atoms with Gasteiger partial charge in [-0.3, -0.25) is 4.90 Å². The van der Waals surface area contributed by atoms with Crippen molar-refractivity contribution in [2.75, 3.05) is 20.8 Å². The summed E-state index contributed by atoms with van der Waals surface area (Å²) in [5, 5.41) is 0.713. The lowest BCUT2D eigenvalue weighted by molar-refractivity contribution is 0.239. The van der Waals surface area contributed by atoms with Gasteiger partial charge in [0.2, 0.25) is 0 Å². The minimum Gasteiger partial charge on any atom is -0.497 e. The molecule has 5 nitrogen and oxygen atoms in total. The van der Waals surface area contributed by atoms with Crippen LogP contribution in [0.4, 0.5) is 0 Å². The molecule has 0 fully saturated rings. The number of aromatic nitrogens is 2. The number of rotatable bonds is 5. The minimum absolute atomic E-state index is 0.713. The van der Waals surface area contributed by atoms with E-state index >= 15 is 0 Å². The van der Waals surface area contributed by atoms with E-state index in [0.29, 0.717) is 5.02 Å². The van der Waals surface area contributed by atoms with Crippen molar-refractivity contribution < 1.29 is 9.47 Å². The van der Waals surface area contributed by atoms with Crippen LogP contribution in [0.5, 0.6) is 11.5 Å². The highest BCUT2D eigenvalue weighted by Gasteiger charge is 2.20. The molecule has 0 amide bonds. The predicted octanol–water partition coefficient (Wildman–Crippen LogP) is 4.37. The first-order valence-electron chi connectivity index (χ1n) is 9.20. The Morgan fingerprint density at radius 1 is 1.07 bits per heavy atom. The second kappa shape index (κ2) is 8.17. The lowest BCUT2D eigenvalue weighted by Crippen LogP contribution is -2.31. The molecule has 0 aliphatic carbocycles. The number of hydrogen-bond acceptors (Lipinski definition) is 5. The van der Waals surface area contributed by atoms with Gasteiger partial charge in [-0.2, -0.15) is 0 Å². The molecule has 6 heteroatoms. The molecule has 0 saturated heterocycles. The fourth-order valence-electron chi connectivity index (χ4n) is 3.49. The fourth-order valence-corrected chi connectivity index (χ4v) is 3.62. The summed E-state index contributed by atoms with van der Waals surface area (Å²) in [7, 11) is 3.38. The zero-order valence-electron chi connectivity index (χ0n) is 16.0. The Morgan fingerprint density at radius 2 is 1.89 bits per heavy atom. The molecule has 4 rings (SSSR count). The van der Waals surface area contributed by atoms with Gasteiger partial charge >= 0.3 is 0 Å². The largest absolute Gasteiger partial charge is 0.497 e. The van der Waals surface area contributed by atoms with Gasteiger partial charge in [-0.15, -0.1) is 0 Å². The van der Waals surface area contributed by atoms with Gasteiger partial charge in [0, 0.05) is 54.0 Å². The molecule has 0 atom stereocenters. The molecule has 0 radical (unpaired) electrons. The zero-order chi connectivity index (χ0) is 19.5. The third-order valence-corrected chi connectivity index (χ3v) is 5.25. The van der Waals surface area contributed by atoms with Crippen molar-refractivity contribution >= 4 is 11.6 Å². The number of hydrogen-bond donors (Lipinski definition) is 0. The van der Waals surface area contributed by atoms with Gasteiger partial charge in [0.25, 0.3) is 0 Å². The number of methoxy groups -OCH3 is 2. The van der Waals surface area contributed by atoms with Crippen LogP contribution in [-0.2, 0) is 19.5 Å². The Kier molecular flexibility index (Phi) is 5.46. The summed E-state index contributed by atoms with van der Waals surface area (Å²) in [5.41, 5.74) is 4.39. The Bertz CT molecular complexity index is 976. The first-order valence-corrected chi connectivity index (χ1v) is 9.58. The van der Waals surface area contributed by atoms with Gasteiger partial charge in [0.05, 0.1) is 19.9 Å². The van der Waals surface area contributed by atoms with E-state index in [1.54, 1.807) is 14.2 Å². The number of halogens is 1. The maximum atomic E-state index is 5.97. The monoisotopic (exact) mass is 395 g/mol. The molecule has 1 aliphatic rings. The van der Waals surface area contributed by atoms with Crippen molar-refractivity contribution in [3.05, 3.63) is 70.5 Å². The van der Waals surface area contributed by atoms with Crippen molar-refractivity contribution in [3.63, 3.8) is 0 Å². The Labute approximate surface area is 169 Å². The number of nitrogens with zero attached hydrogens (tertiary/aromatic N) is 3. The quantitative estimate of drug-likeness (QED) is 0.641. The van der Waals surface area contributed by atoms with Gasteiger partial charge in [0.1, 0.15) is 11.5 Å². The van der Waals surface area contributed by atoms with Crippen molar-refractivity contribution in [1.82, 2.24) is 14.9 Å². The lowest BCUT2D eigenvalue weighted by atomic mass is 10.1. The molecule has 0 bridgehead atoms. The van der Waals surface area contributed by atoms with E-state index < -0.39 is 0 Å². The Morgan fingerprint density at radius 3 is 2.64 bits per heavy atom. The topological polar surface area (TPSA) is 47.5 Å². The molecule has 0 N–H and O–H groups in total. The first-order chi connectivity index (χ1) is 13.7. The molecular weight excluding hydrogens is 374 g/mol. The molecule has 3 aromatic rings. The minimum atomic E-state index is 0.713. The van der Waals surface area contributed by atoms with Gasteiger partial charge in [0.15, 0.2) is 5.82 Å². The van der Waals surface area contributed by atoms with E-state index in [1.165, 1.54) is 5.56 Å². The summed E-state index contributed by atoms with van der Waals surface area (Å²) in [5.74, 6) is 2.46. The zero-order valence-corrected chi connectivity index (χ0v) is 16.7. The first kappa shape index (κ1) is 18.7. The smallest absolute Gasteiger partial charge is 0.159 e. The molecule has 144 valence electrons. The van der Waals surface area contributed by atoms with Crippen LogP contribution in [0.15, 0.2) is 48.7 Å². The summed E-state index contributed by atoms with van der Waals surface area (Å²) in [6.07, 6.45) is 2.84. The summed E-state index contributed by atoms with van der Waals surface area (Å²) in [4.78, 5) is 11.7. The van der Waals surface area contributed by atoms with E-state index in [1.807, 2.05) is 48.7 Å². The van der Waals surface area contributed by atoms with E-state index in [-0.39, 0.29) is 0 Å². The molecule has 0 saturated carbocycles. The summed E-state index contributed by atoms with van der Waals surface area (Å²) < 4.78 is 10.9. The molecule has 0 unspecified atom stereocenters. The lowest BCUT2D eigenvalue weighted by Gasteiger charge is -2.28. The van der Waals surface area contributed by atoms with Crippen LogP contribution in [0, 0.1) is 0 Å². The summed E-state index contributed by atoms with van der Waals surface area (Å²) >= 11 is 5.97. The second-order valence-corrected chi connectivity index (χ2v) is 7.25. The van der Waals surface area contributed by atoms with E-state index in [4.69, 9.17) is 26.1 Å². The average molecular weight is 396 g/mol. The van der Waals surface area contributed by atoms with Crippen molar-refractivity contribution in [3.8, 4) is 22.9 Å². The fraction of sp³-hybridized carbons (Fsp3) is 0.273. The van der Waals surface area contributed by atoms with E-state index in [9.17, 15) is 0 Å². The van der Waals surface area contributed by atoms with Gasteiger partial charge < -0.3 is 9.47 Å². The molecule has 2 heterocycles. The van der Waals surface area contributed by atoms with E-state index in [0.717, 1.165) is 60.2 Å². The third-order valence-electron chi connectivity index (χ3n) is 5.00. The molecule has 0 spiro atoms. The van der Waals surface area contributed by atoms with E-state index in [2.05, 4.69) is 9.88 Å². The predicted molar refractivity (Wildman–Crippen MR) is 110 cm³/mol. The van der Waals surface area contributed by atoms with Crippen LogP contribution in [-0.4, -0.2) is 35.6 Å². The Hall–Kier alpha value is -2.63. The highest BCUT2D eigenvalue weighted by atomic mass is 35.5. The van der Waals surface area contributed by atoms with Gasteiger partial charge in [-0.05, 0) is 42.5 Å². The summed E-state index contributed by atoms with van der Waals surface area (Å²) in [6, 6.07) is 13.5. The van der Waals surface area contributed by atoms with Crippen molar-refractivity contribution in [2.24, 2.45) is 0 Å². The molecule has 28 heavy (non-hydrogen) atoms. The van der Waals surface area contributed by atoms with Gasteiger partial charge in [-0.25, -0.2) is 9.97 Å². The van der Waals surface area contributed by atoms with Crippen LogP contribution in [0.25, 0.3) is 11.4 Å². The molecule has 1 aliphatic heterocycles. The van der Waals surface area contributed by atoms with Crippen molar-refractivity contribution in [2.45, 2.75) is 19.5 Å². The third kappa shape index (κ3) is 3.96. The Balaban J connectivity index is 1.52.